The van der Waals surface area contributed by atoms with Gasteiger partial charge in [-0.15, -0.1) is 0 Å². The van der Waals surface area contributed by atoms with Crippen LogP contribution in [0.5, 0.6) is 0 Å². The number of carbonyl (C=O) groups is 1. The Balaban J connectivity index is 2.03. The van der Waals surface area contributed by atoms with Gasteiger partial charge >= 0.3 is 0 Å². The summed E-state index contributed by atoms with van der Waals surface area (Å²) in [7, 11) is 1.69. The van der Waals surface area contributed by atoms with E-state index in [1.54, 1.807) is 7.11 Å². The molecule has 1 aromatic heterocycles. The number of nitrogens with zero attached hydrogens (tertiary/aromatic N) is 2. The van der Waals surface area contributed by atoms with Gasteiger partial charge in [0.1, 0.15) is 0 Å². The fourth-order valence-electron chi connectivity index (χ4n) is 1.92. The highest BCUT2D eigenvalue weighted by Gasteiger charge is 2.27. The van der Waals surface area contributed by atoms with Gasteiger partial charge in [0, 0.05) is 25.4 Å². The molecule has 1 aliphatic rings. The number of hydrogen-bond donors (Lipinski definition) is 1. The highest BCUT2D eigenvalue weighted by atomic mass is 32.2. The summed E-state index contributed by atoms with van der Waals surface area (Å²) in [5, 5.41) is 3.81. The Labute approximate surface area is 124 Å². The second-order valence-corrected chi connectivity index (χ2v) is 6.56. The molecule has 1 heterocycles. The molecule has 1 aromatic rings. The largest absolute Gasteiger partial charge is 0.383 e. The lowest BCUT2D eigenvalue weighted by Gasteiger charge is -2.13. The standard InChI is InChI=1S/C14H23N3O2S/c1-9-10(2)17(7-8-19-4)14(15-9)20-11(3)13(18)16-12-5-6-12/h11-12H,5-8H2,1-4H3,(H,16,18)/t11-/m1/s1. The molecule has 0 unspecified atom stereocenters. The number of imidazole rings is 1. The molecule has 0 spiro atoms. The molecule has 0 aromatic carbocycles. The SMILES string of the molecule is COCCn1c(S[C@H](C)C(=O)NC2CC2)nc(C)c1C. The molecule has 112 valence electrons. The lowest BCUT2D eigenvalue weighted by Crippen LogP contribution is -2.32. The second-order valence-electron chi connectivity index (χ2n) is 5.25. The smallest absolute Gasteiger partial charge is 0.233 e. The Hall–Kier alpha value is -1.01. The number of hydrogen-bond acceptors (Lipinski definition) is 4. The molecule has 1 fully saturated rings. The van der Waals surface area contributed by atoms with Crippen molar-refractivity contribution in [3.05, 3.63) is 11.4 Å². The fraction of sp³-hybridized carbons (Fsp3) is 0.714. The maximum absolute atomic E-state index is 12.0. The number of aromatic nitrogens is 2. The third-order valence-electron chi connectivity index (χ3n) is 3.52. The molecule has 5 nitrogen and oxygen atoms in total. The van der Waals surface area contributed by atoms with E-state index >= 15 is 0 Å². The first kappa shape index (κ1) is 15.4. The number of aryl methyl sites for hydroxylation is 1. The van der Waals surface area contributed by atoms with E-state index in [0.717, 1.165) is 35.9 Å². The van der Waals surface area contributed by atoms with Crippen LogP contribution in [-0.2, 0) is 16.1 Å². The number of methoxy groups -OCH3 is 1. The van der Waals surface area contributed by atoms with Gasteiger partial charge in [0.05, 0.1) is 17.6 Å². The van der Waals surface area contributed by atoms with E-state index in [4.69, 9.17) is 4.74 Å². The third-order valence-corrected chi connectivity index (χ3v) is 4.61. The van der Waals surface area contributed by atoms with Gasteiger partial charge in [-0.25, -0.2) is 4.98 Å². The molecule has 2 rings (SSSR count). The Kier molecular flexibility index (Phi) is 5.10. The lowest BCUT2D eigenvalue weighted by atomic mass is 10.4. The minimum absolute atomic E-state index is 0.106. The van der Waals surface area contributed by atoms with Crippen LogP contribution in [0.15, 0.2) is 5.16 Å². The van der Waals surface area contributed by atoms with Crippen molar-refractivity contribution in [2.24, 2.45) is 0 Å². The Morgan fingerprint density at radius 3 is 2.85 bits per heavy atom. The molecule has 1 saturated carbocycles. The number of thioether (sulfide) groups is 1. The zero-order chi connectivity index (χ0) is 14.7. The van der Waals surface area contributed by atoms with E-state index in [2.05, 4.69) is 21.8 Å². The first-order valence-corrected chi connectivity index (χ1v) is 7.90. The number of amides is 1. The molecule has 0 bridgehead atoms. The quantitative estimate of drug-likeness (QED) is 0.781. The van der Waals surface area contributed by atoms with Crippen LogP contribution in [0, 0.1) is 13.8 Å². The maximum atomic E-state index is 12.0. The zero-order valence-corrected chi connectivity index (χ0v) is 13.4. The van der Waals surface area contributed by atoms with Crippen LogP contribution >= 0.6 is 11.8 Å². The molecule has 0 radical (unpaired) electrons. The summed E-state index contributed by atoms with van der Waals surface area (Å²) in [6, 6.07) is 0.405. The molecule has 0 saturated heterocycles. The molecular formula is C14H23N3O2S. The zero-order valence-electron chi connectivity index (χ0n) is 12.6. The van der Waals surface area contributed by atoms with Gasteiger partial charge in [0.15, 0.2) is 5.16 Å². The number of rotatable bonds is 7. The van der Waals surface area contributed by atoms with Gasteiger partial charge in [-0.2, -0.15) is 0 Å². The second kappa shape index (κ2) is 6.63. The van der Waals surface area contributed by atoms with E-state index in [1.165, 1.54) is 11.8 Å². The first-order chi connectivity index (χ1) is 9.52. The van der Waals surface area contributed by atoms with Crippen LogP contribution in [0.25, 0.3) is 0 Å². The van der Waals surface area contributed by atoms with Crippen LogP contribution in [0.3, 0.4) is 0 Å². The lowest BCUT2D eigenvalue weighted by molar-refractivity contribution is -0.120. The summed E-state index contributed by atoms with van der Waals surface area (Å²) < 4.78 is 7.27. The van der Waals surface area contributed by atoms with E-state index < -0.39 is 0 Å². The predicted octanol–water partition coefficient (Wildman–Crippen LogP) is 1.91. The van der Waals surface area contributed by atoms with E-state index in [0.29, 0.717) is 12.6 Å². The van der Waals surface area contributed by atoms with Crippen molar-refractivity contribution in [2.75, 3.05) is 13.7 Å². The highest BCUT2D eigenvalue weighted by molar-refractivity contribution is 8.00. The molecule has 1 atom stereocenters. The van der Waals surface area contributed by atoms with Crippen molar-refractivity contribution in [2.45, 2.75) is 56.6 Å². The predicted molar refractivity (Wildman–Crippen MR) is 80.1 cm³/mol. The highest BCUT2D eigenvalue weighted by Crippen LogP contribution is 2.26. The van der Waals surface area contributed by atoms with Gasteiger partial charge in [-0.05, 0) is 33.6 Å². The summed E-state index contributed by atoms with van der Waals surface area (Å²) >= 11 is 1.52. The summed E-state index contributed by atoms with van der Waals surface area (Å²) in [4.78, 5) is 16.6. The summed E-state index contributed by atoms with van der Waals surface area (Å²) in [5.41, 5.74) is 2.15. The Bertz CT molecular complexity index is 483. The summed E-state index contributed by atoms with van der Waals surface area (Å²) in [6.45, 7) is 7.40. The van der Waals surface area contributed by atoms with Crippen LogP contribution in [0.4, 0.5) is 0 Å². The van der Waals surface area contributed by atoms with Gasteiger partial charge in [0.25, 0.3) is 0 Å². The maximum Gasteiger partial charge on any atom is 0.233 e. The summed E-state index contributed by atoms with van der Waals surface area (Å²) in [6.07, 6.45) is 2.23. The Morgan fingerprint density at radius 2 is 2.25 bits per heavy atom. The average molecular weight is 297 g/mol. The molecule has 1 aliphatic carbocycles. The van der Waals surface area contributed by atoms with Crippen LogP contribution in [0.2, 0.25) is 0 Å². The normalized spacial score (nSPS) is 16.2. The van der Waals surface area contributed by atoms with E-state index in [1.807, 2.05) is 13.8 Å². The number of ether oxygens (including phenoxy) is 1. The molecule has 0 aliphatic heterocycles. The molecule has 6 heteroatoms. The van der Waals surface area contributed by atoms with Crippen LogP contribution in [0.1, 0.15) is 31.2 Å². The van der Waals surface area contributed by atoms with Crippen molar-refractivity contribution in [1.29, 1.82) is 0 Å². The summed E-state index contributed by atoms with van der Waals surface area (Å²) in [5.74, 6) is 0.106. The molecule has 1 amide bonds. The van der Waals surface area contributed by atoms with E-state index in [9.17, 15) is 4.79 Å². The van der Waals surface area contributed by atoms with Crippen LogP contribution in [-0.4, -0.2) is 40.5 Å². The number of carbonyl (C=O) groups excluding carboxylic acids is 1. The van der Waals surface area contributed by atoms with Crippen molar-refractivity contribution in [1.82, 2.24) is 14.9 Å². The minimum atomic E-state index is -0.127. The topological polar surface area (TPSA) is 56.1 Å². The van der Waals surface area contributed by atoms with Crippen LogP contribution < -0.4 is 5.32 Å². The Morgan fingerprint density at radius 1 is 1.55 bits per heavy atom. The third kappa shape index (κ3) is 3.76. The molecule has 1 N–H and O–H groups in total. The van der Waals surface area contributed by atoms with Crippen molar-refractivity contribution in [3.63, 3.8) is 0 Å². The average Bonchev–Trinajstić information content (AvgIpc) is 3.17. The molecular weight excluding hydrogens is 274 g/mol. The first-order valence-electron chi connectivity index (χ1n) is 7.02. The number of nitrogens with one attached hydrogen (secondary N) is 1. The van der Waals surface area contributed by atoms with Gasteiger partial charge in [-0.3, -0.25) is 4.79 Å². The van der Waals surface area contributed by atoms with Crippen molar-refractivity contribution in [3.8, 4) is 0 Å². The fourth-order valence-corrected chi connectivity index (χ4v) is 2.95. The van der Waals surface area contributed by atoms with Crippen molar-refractivity contribution < 1.29 is 9.53 Å². The molecule has 20 heavy (non-hydrogen) atoms. The van der Waals surface area contributed by atoms with E-state index in [-0.39, 0.29) is 11.2 Å². The van der Waals surface area contributed by atoms with Gasteiger partial charge in [-0.1, -0.05) is 11.8 Å². The monoisotopic (exact) mass is 297 g/mol. The van der Waals surface area contributed by atoms with Gasteiger partial charge in [0.2, 0.25) is 5.91 Å². The van der Waals surface area contributed by atoms with Gasteiger partial charge < -0.3 is 14.6 Å². The van der Waals surface area contributed by atoms with Crippen molar-refractivity contribution >= 4 is 17.7 Å². The minimum Gasteiger partial charge on any atom is -0.383 e.